The van der Waals surface area contributed by atoms with E-state index in [1.54, 1.807) is 0 Å². The van der Waals surface area contributed by atoms with Crippen LogP contribution in [0.15, 0.2) is 42.6 Å². The number of nitrogens with zero attached hydrogens (tertiary/aromatic N) is 1. The van der Waals surface area contributed by atoms with Crippen LogP contribution in [0.25, 0.3) is 11.3 Å². The summed E-state index contributed by atoms with van der Waals surface area (Å²) in [4.78, 5) is 4.69. The quantitative estimate of drug-likeness (QED) is 0.529. The number of pyridine rings is 1. The predicted molar refractivity (Wildman–Crippen MR) is 110 cm³/mol. The molecule has 3 rings (SSSR count). The lowest BCUT2D eigenvalue weighted by Crippen LogP contribution is -2.14. The van der Waals surface area contributed by atoms with Crippen molar-refractivity contribution >= 4 is 0 Å². The summed E-state index contributed by atoms with van der Waals surface area (Å²) >= 11 is 0. The second kappa shape index (κ2) is 9.75. The fraction of sp³-hybridized carbons (Fsp3) is 0.542. The molecule has 1 aromatic carbocycles. The van der Waals surface area contributed by atoms with Gasteiger partial charge in [-0.2, -0.15) is 0 Å². The molecule has 1 fully saturated rings. The summed E-state index contributed by atoms with van der Waals surface area (Å²) in [5, 5.41) is 0. The molecule has 1 heterocycles. The molecule has 0 unspecified atom stereocenters. The molecule has 140 valence electrons. The Kier molecular flexibility index (Phi) is 7.11. The highest BCUT2D eigenvalue weighted by Gasteiger charge is 2.19. The van der Waals surface area contributed by atoms with E-state index in [9.17, 15) is 0 Å². The average molecular weight is 352 g/mol. The minimum absolute atomic E-state index is 0.770. The topological polar surface area (TPSA) is 22.1 Å². The van der Waals surface area contributed by atoms with Crippen LogP contribution in [0, 0.1) is 11.8 Å². The van der Waals surface area contributed by atoms with Crippen molar-refractivity contribution in [1.82, 2.24) is 4.98 Å². The van der Waals surface area contributed by atoms with Gasteiger partial charge >= 0.3 is 0 Å². The third-order valence-electron chi connectivity index (χ3n) is 5.83. The van der Waals surface area contributed by atoms with Gasteiger partial charge in [-0.1, -0.05) is 52.0 Å². The average Bonchev–Trinajstić information content (AvgIpc) is 2.72. The molecule has 2 heteroatoms. The van der Waals surface area contributed by atoms with E-state index in [1.165, 1.54) is 50.5 Å². The Balaban J connectivity index is 1.50. The van der Waals surface area contributed by atoms with Crippen LogP contribution in [-0.2, 0) is 6.42 Å². The molecular weight excluding hydrogens is 318 g/mol. The number of aryl methyl sites for hydroxylation is 1. The third kappa shape index (κ3) is 5.33. The lowest BCUT2D eigenvalue weighted by molar-refractivity contribution is 0.259. The second-order valence-electron chi connectivity index (χ2n) is 7.76. The molecule has 0 radical (unpaired) electrons. The van der Waals surface area contributed by atoms with Crippen molar-refractivity contribution < 1.29 is 4.74 Å². The van der Waals surface area contributed by atoms with Crippen LogP contribution in [0.1, 0.15) is 64.4 Å². The summed E-state index contributed by atoms with van der Waals surface area (Å²) < 4.78 is 5.65. The molecule has 1 saturated carbocycles. The zero-order valence-electron chi connectivity index (χ0n) is 16.4. The number of ether oxygens (including phenoxy) is 1. The molecule has 2 aromatic rings. The lowest BCUT2D eigenvalue weighted by Gasteiger charge is -2.27. The van der Waals surface area contributed by atoms with Crippen LogP contribution in [-0.4, -0.2) is 11.6 Å². The molecule has 0 saturated heterocycles. The summed E-state index contributed by atoms with van der Waals surface area (Å²) in [5.41, 5.74) is 3.56. The number of aromatic nitrogens is 1. The first-order valence-corrected chi connectivity index (χ1v) is 10.5. The monoisotopic (exact) mass is 351 g/mol. The van der Waals surface area contributed by atoms with Crippen LogP contribution in [0.3, 0.4) is 0 Å². The molecule has 0 amide bonds. The summed E-state index contributed by atoms with van der Waals surface area (Å²) in [6.07, 6.45) is 12.7. The minimum atomic E-state index is 0.770. The van der Waals surface area contributed by atoms with Gasteiger partial charge < -0.3 is 4.74 Å². The molecular formula is C24H33NO. The second-order valence-corrected chi connectivity index (χ2v) is 7.76. The molecule has 1 aromatic heterocycles. The van der Waals surface area contributed by atoms with Crippen molar-refractivity contribution in [2.24, 2.45) is 11.8 Å². The first-order chi connectivity index (χ1) is 12.8. The number of benzene rings is 1. The Morgan fingerprint density at radius 2 is 1.65 bits per heavy atom. The van der Waals surface area contributed by atoms with Crippen LogP contribution in [0.2, 0.25) is 0 Å². The van der Waals surface area contributed by atoms with Crippen molar-refractivity contribution in [2.45, 2.75) is 65.2 Å². The highest BCUT2D eigenvalue weighted by molar-refractivity contribution is 5.60. The molecule has 0 N–H and O–H groups in total. The third-order valence-corrected chi connectivity index (χ3v) is 5.83. The Labute approximate surface area is 159 Å². The first kappa shape index (κ1) is 18.9. The maximum Gasteiger partial charge on any atom is 0.119 e. The predicted octanol–water partition coefficient (Wildman–Crippen LogP) is 6.69. The van der Waals surface area contributed by atoms with Crippen LogP contribution in [0.5, 0.6) is 5.75 Å². The fourth-order valence-corrected chi connectivity index (χ4v) is 3.98. The molecule has 26 heavy (non-hydrogen) atoms. The highest BCUT2D eigenvalue weighted by atomic mass is 16.5. The standard InChI is InChI=1S/C24H33NO/c1-3-17-26-23-14-12-22(13-15-23)24-16-11-21(18-25-24)10-9-20-7-5-19(4-2)6-8-20/h11-16,18-20H,3-10,17H2,1-2H3. The van der Waals surface area contributed by atoms with E-state index in [0.717, 1.165) is 41.9 Å². The zero-order valence-corrected chi connectivity index (χ0v) is 16.4. The Morgan fingerprint density at radius 1 is 0.923 bits per heavy atom. The molecule has 0 bridgehead atoms. The van der Waals surface area contributed by atoms with Crippen molar-refractivity contribution in [3.63, 3.8) is 0 Å². The van der Waals surface area contributed by atoms with Gasteiger partial charge in [0.1, 0.15) is 5.75 Å². The van der Waals surface area contributed by atoms with Gasteiger partial charge in [0.25, 0.3) is 0 Å². The van der Waals surface area contributed by atoms with Gasteiger partial charge in [0.05, 0.1) is 12.3 Å². The van der Waals surface area contributed by atoms with Crippen molar-refractivity contribution in [3.05, 3.63) is 48.2 Å². The van der Waals surface area contributed by atoms with E-state index >= 15 is 0 Å². The summed E-state index contributed by atoms with van der Waals surface area (Å²) in [6.45, 7) is 5.23. The lowest BCUT2D eigenvalue weighted by atomic mass is 9.79. The van der Waals surface area contributed by atoms with Crippen molar-refractivity contribution in [1.29, 1.82) is 0 Å². The SMILES string of the molecule is CCCOc1ccc(-c2ccc(CCC3CCC(CC)CC3)cn2)cc1. The highest BCUT2D eigenvalue weighted by Crippen LogP contribution is 2.33. The van der Waals surface area contributed by atoms with Crippen LogP contribution in [0.4, 0.5) is 0 Å². The maximum atomic E-state index is 5.65. The van der Waals surface area contributed by atoms with E-state index in [0.29, 0.717) is 0 Å². The van der Waals surface area contributed by atoms with Crippen molar-refractivity contribution in [2.75, 3.05) is 6.61 Å². The number of hydrogen-bond acceptors (Lipinski definition) is 2. The summed E-state index contributed by atoms with van der Waals surface area (Å²) in [7, 11) is 0. The van der Waals surface area contributed by atoms with E-state index < -0.39 is 0 Å². The van der Waals surface area contributed by atoms with E-state index in [1.807, 2.05) is 12.1 Å². The maximum absolute atomic E-state index is 5.65. The first-order valence-electron chi connectivity index (χ1n) is 10.5. The fourth-order valence-electron chi connectivity index (χ4n) is 3.98. The van der Waals surface area contributed by atoms with Gasteiger partial charge in [0.15, 0.2) is 0 Å². The van der Waals surface area contributed by atoms with Gasteiger partial charge in [0.2, 0.25) is 0 Å². The van der Waals surface area contributed by atoms with Gasteiger partial charge in [-0.25, -0.2) is 0 Å². The van der Waals surface area contributed by atoms with Gasteiger partial charge in [-0.15, -0.1) is 0 Å². The number of hydrogen-bond donors (Lipinski definition) is 0. The smallest absolute Gasteiger partial charge is 0.119 e. The van der Waals surface area contributed by atoms with E-state index in [2.05, 4.69) is 49.3 Å². The largest absolute Gasteiger partial charge is 0.494 e. The van der Waals surface area contributed by atoms with Crippen LogP contribution >= 0.6 is 0 Å². The van der Waals surface area contributed by atoms with E-state index in [4.69, 9.17) is 4.74 Å². The molecule has 0 aliphatic heterocycles. The summed E-state index contributed by atoms with van der Waals surface area (Å²) in [6, 6.07) is 12.7. The Morgan fingerprint density at radius 3 is 2.27 bits per heavy atom. The summed E-state index contributed by atoms with van der Waals surface area (Å²) in [5.74, 6) is 2.85. The Bertz CT molecular complexity index is 639. The molecule has 0 atom stereocenters. The Hall–Kier alpha value is -1.83. The molecule has 2 nitrogen and oxygen atoms in total. The van der Waals surface area contributed by atoms with Gasteiger partial charge in [-0.3, -0.25) is 4.98 Å². The minimum Gasteiger partial charge on any atom is -0.494 e. The van der Waals surface area contributed by atoms with Crippen LogP contribution < -0.4 is 4.74 Å². The molecule has 1 aliphatic carbocycles. The zero-order chi connectivity index (χ0) is 18.2. The molecule has 1 aliphatic rings. The van der Waals surface area contributed by atoms with Gasteiger partial charge in [-0.05, 0) is 67.0 Å². The van der Waals surface area contributed by atoms with Crippen molar-refractivity contribution in [3.8, 4) is 17.0 Å². The molecule has 0 spiro atoms. The number of rotatable bonds is 8. The van der Waals surface area contributed by atoms with Gasteiger partial charge in [0, 0.05) is 11.8 Å². The van der Waals surface area contributed by atoms with E-state index in [-0.39, 0.29) is 0 Å². The normalized spacial score (nSPS) is 20.1.